The van der Waals surface area contributed by atoms with Crippen molar-refractivity contribution in [3.8, 4) is 0 Å². The maximum absolute atomic E-state index is 5.65. The summed E-state index contributed by atoms with van der Waals surface area (Å²) in [5.41, 5.74) is 11.8. The highest BCUT2D eigenvalue weighted by molar-refractivity contribution is 9.10. The molecule has 0 radical (unpaired) electrons. The highest BCUT2D eigenvalue weighted by Crippen LogP contribution is 2.10. The van der Waals surface area contributed by atoms with Crippen molar-refractivity contribution in [1.29, 1.82) is 0 Å². The summed E-state index contributed by atoms with van der Waals surface area (Å²) >= 11 is 3.25. The van der Waals surface area contributed by atoms with Gasteiger partial charge in [-0.05, 0) is 28.1 Å². The Morgan fingerprint density at radius 2 is 2.27 bits per heavy atom. The largest absolute Gasteiger partial charge is 0.329 e. The molecular formula is C7H10BrN3. The average Bonchev–Trinajstić information content (AvgIpc) is 2.03. The summed E-state index contributed by atoms with van der Waals surface area (Å²) in [6, 6.07) is 5.45. The summed E-state index contributed by atoms with van der Waals surface area (Å²) in [6.07, 6.45) is 0. The molecule has 3 nitrogen and oxygen atoms in total. The van der Waals surface area contributed by atoms with Gasteiger partial charge >= 0.3 is 0 Å². The minimum atomic E-state index is -0.160. The lowest BCUT2D eigenvalue weighted by Crippen LogP contribution is -2.21. The second kappa shape index (κ2) is 3.80. The van der Waals surface area contributed by atoms with Crippen LogP contribution in [0.1, 0.15) is 11.7 Å². The minimum Gasteiger partial charge on any atom is -0.329 e. The number of nitrogens with zero attached hydrogens (tertiary/aromatic N) is 1. The van der Waals surface area contributed by atoms with Crippen LogP contribution < -0.4 is 11.5 Å². The minimum absolute atomic E-state index is 0.160. The van der Waals surface area contributed by atoms with Crippen LogP contribution in [0.4, 0.5) is 0 Å². The fourth-order valence-corrected chi connectivity index (χ4v) is 1.11. The van der Waals surface area contributed by atoms with Gasteiger partial charge in [0, 0.05) is 6.54 Å². The van der Waals surface area contributed by atoms with E-state index in [9.17, 15) is 0 Å². The Kier molecular flexibility index (Phi) is 2.99. The molecule has 4 N–H and O–H groups in total. The van der Waals surface area contributed by atoms with E-state index in [1.165, 1.54) is 0 Å². The van der Waals surface area contributed by atoms with Crippen LogP contribution in [0, 0.1) is 0 Å². The Morgan fingerprint density at radius 3 is 2.82 bits per heavy atom. The van der Waals surface area contributed by atoms with E-state index in [1.54, 1.807) is 0 Å². The van der Waals surface area contributed by atoms with Gasteiger partial charge in [0.1, 0.15) is 4.60 Å². The van der Waals surface area contributed by atoms with E-state index in [1.807, 2.05) is 18.2 Å². The lowest BCUT2D eigenvalue weighted by molar-refractivity contribution is 0.709. The molecule has 60 valence electrons. The van der Waals surface area contributed by atoms with Gasteiger partial charge in [0.15, 0.2) is 0 Å². The number of halogens is 1. The molecule has 0 spiro atoms. The van der Waals surface area contributed by atoms with Crippen LogP contribution in [0.2, 0.25) is 0 Å². The van der Waals surface area contributed by atoms with Crippen molar-refractivity contribution in [2.24, 2.45) is 11.5 Å². The molecule has 1 aromatic rings. The zero-order valence-electron chi connectivity index (χ0n) is 6.00. The zero-order valence-corrected chi connectivity index (χ0v) is 7.58. The molecule has 0 unspecified atom stereocenters. The maximum Gasteiger partial charge on any atom is 0.106 e. The zero-order chi connectivity index (χ0) is 8.27. The summed E-state index contributed by atoms with van der Waals surface area (Å²) in [4.78, 5) is 4.16. The molecule has 0 amide bonds. The van der Waals surface area contributed by atoms with Crippen LogP contribution in [0.5, 0.6) is 0 Å². The molecule has 1 aromatic heterocycles. The van der Waals surface area contributed by atoms with Crippen LogP contribution in [-0.4, -0.2) is 11.5 Å². The summed E-state index contributed by atoms with van der Waals surface area (Å²) in [6.45, 7) is 0.420. The molecule has 0 saturated carbocycles. The van der Waals surface area contributed by atoms with Crippen molar-refractivity contribution in [2.75, 3.05) is 6.54 Å². The van der Waals surface area contributed by atoms with Gasteiger partial charge in [-0.1, -0.05) is 6.07 Å². The molecule has 0 saturated heterocycles. The summed E-state index contributed by atoms with van der Waals surface area (Å²) in [7, 11) is 0. The van der Waals surface area contributed by atoms with E-state index in [0.717, 1.165) is 10.3 Å². The van der Waals surface area contributed by atoms with Gasteiger partial charge in [-0.25, -0.2) is 4.98 Å². The fourth-order valence-electron chi connectivity index (χ4n) is 0.751. The third-order valence-electron chi connectivity index (χ3n) is 1.37. The van der Waals surface area contributed by atoms with Crippen LogP contribution in [0.25, 0.3) is 0 Å². The number of rotatable bonds is 2. The predicted octanol–water partition coefficient (Wildman–Crippen LogP) is 0.803. The Hall–Kier alpha value is -0.450. The maximum atomic E-state index is 5.65. The molecule has 4 heteroatoms. The number of nitrogens with two attached hydrogens (primary N) is 2. The first-order valence-corrected chi connectivity index (χ1v) is 4.11. The van der Waals surface area contributed by atoms with Gasteiger partial charge < -0.3 is 11.5 Å². The first kappa shape index (κ1) is 8.64. The molecule has 1 rings (SSSR count). The Bertz CT molecular complexity index is 239. The second-order valence-corrected chi connectivity index (χ2v) is 3.04. The number of pyridine rings is 1. The normalized spacial score (nSPS) is 13.0. The van der Waals surface area contributed by atoms with E-state index in [-0.39, 0.29) is 6.04 Å². The Balaban J connectivity index is 2.86. The molecule has 11 heavy (non-hydrogen) atoms. The van der Waals surface area contributed by atoms with E-state index >= 15 is 0 Å². The summed E-state index contributed by atoms with van der Waals surface area (Å²) < 4.78 is 0.791. The molecular weight excluding hydrogens is 206 g/mol. The van der Waals surface area contributed by atoms with Gasteiger partial charge in [-0.15, -0.1) is 0 Å². The van der Waals surface area contributed by atoms with Crippen molar-refractivity contribution in [1.82, 2.24) is 4.98 Å². The highest BCUT2D eigenvalue weighted by Gasteiger charge is 2.03. The molecule has 0 aliphatic heterocycles. The molecule has 1 heterocycles. The Labute approximate surface area is 73.9 Å². The van der Waals surface area contributed by atoms with E-state index in [2.05, 4.69) is 20.9 Å². The first-order valence-electron chi connectivity index (χ1n) is 3.32. The smallest absolute Gasteiger partial charge is 0.106 e. The summed E-state index contributed by atoms with van der Waals surface area (Å²) in [5, 5.41) is 0. The van der Waals surface area contributed by atoms with Gasteiger partial charge in [0.2, 0.25) is 0 Å². The Morgan fingerprint density at radius 1 is 1.55 bits per heavy atom. The average molecular weight is 216 g/mol. The first-order chi connectivity index (χ1) is 5.24. The van der Waals surface area contributed by atoms with Crippen LogP contribution in [0.3, 0.4) is 0 Å². The highest BCUT2D eigenvalue weighted by atomic mass is 79.9. The standard InChI is InChI=1S/C7H10BrN3/c8-7-3-1-2-6(11-7)5(10)4-9/h1-3,5H,4,9-10H2/t5-/m1/s1. The lowest BCUT2D eigenvalue weighted by atomic mass is 10.2. The van der Waals surface area contributed by atoms with Gasteiger partial charge in [0.25, 0.3) is 0 Å². The van der Waals surface area contributed by atoms with Crippen molar-refractivity contribution in [3.05, 3.63) is 28.5 Å². The molecule has 0 aromatic carbocycles. The molecule has 0 aliphatic rings. The SMILES string of the molecule is NC[C@@H](N)c1cccc(Br)n1. The van der Waals surface area contributed by atoms with E-state index in [4.69, 9.17) is 11.5 Å². The van der Waals surface area contributed by atoms with Gasteiger partial charge in [-0.3, -0.25) is 0 Å². The van der Waals surface area contributed by atoms with Crippen molar-refractivity contribution in [3.63, 3.8) is 0 Å². The predicted molar refractivity (Wildman–Crippen MR) is 47.9 cm³/mol. The molecule has 1 atom stereocenters. The van der Waals surface area contributed by atoms with Crippen LogP contribution >= 0.6 is 15.9 Å². The van der Waals surface area contributed by atoms with Gasteiger partial charge in [0.05, 0.1) is 11.7 Å². The lowest BCUT2D eigenvalue weighted by Gasteiger charge is -2.06. The van der Waals surface area contributed by atoms with E-state index in [0.29, 0.717) is 6.54 Å². The molecule has 0 bridgehead atoms. The molecule has 0 aliphatic carbocycles. The summed E-state index contributed by atoms with van der Waals surface area (Å²) in [5.74, 6) is 0. The van der Waals surface area contributed by atoms with Crippen LogP contribution in [0.15, 0.2) is 22.8 Å². The number of hydrogen-bond acceptors (Lipinski definition) is 3. The van der Waals surface area contributed by atoms with Crippen molar-refractivity contribution in [2.45, 2.75) is 6.04 Å². The quantitative estimate of drug-likeness (QED) is 0.718. The monoisotopic (exact) mass is 215 g/mol. The number of hydrogen-bond donors (Lipinski definition) is 2. The third kappa shape index (κ3) is 2.25. The second-order valence-electron chi connectivity index (χ2n) is 2.23. The van der Waals surface area contributed by atoms with Crippen molar-refractivity contribution < 1.29 is 0 Å². The number of aromatic nitrogens is 1. The fraction of sp³-hybridized carbons (Fsp3) is 0.286. The molecule has 0 fully saturated rings. The third-order valence-corrected chi connectivity index (χ3v) is 1.81. The van der Waals surface area contributed by atoms with Crippen molar-refractivity contribution >= 4 is 15.9 Å². The topological polar surface area (TPSA) is 64.9 Å². The van der Waals surface area contributed by atoms with Crippen LogP contribution in [-0.2, 0) is 0 Å². The van der Waals surface area contributed by atoms with Gasteiger partial charge in [-0.2, -0.15) is 0 Å². The van der Waals surface area contributed by atoms with E-state index < -0.39 is 0 Å².